The van der Waals surface area contributed by atoms with Crippen molar-refractivity contribution in [3.63, 3.8) is 0 Å². The molecular weight excluding hydrogens is 352 g/mol. The standard InChI is InChI=1S/C19H20N2O4S/c1-24-11-14(22)12-26-19-20-17-6-4-3-5-16(17)18(23)21(19)13-7-9-15(25-2)10-8-13/h3-10,14,22H,11-12H2,1-2H3. The van der Waals surface area contributed by atoms with E-state index in [0.717, 1.165) is 0 Å². The molecule has 0 aliphatic rings. The number of thioether (sulfide) groups is 1. The molecule has 26 heavy (non-hydrogen) atoms. The van der Waals surface area contributed by atoms with Crippen LogP contribution in [0.3, 0.4) is 0 Å². The predicted octanol–water partition coefficient (Wildman–Crippen LogP) is 2.49. The van der Waals surface area contributed by atoms with E-state index in [2.05, 4.69) is 4.98 Å². The second-order valence-corrected chi connectivity index (χ2v) is 6.66. The molecule has 0 radical (unpaired) electrons. The molecule has 0 fully saturated rings. The van der Waals surface area contributed by atoms with Crippen molar-refractivity contribution in [1.82, 2.24) is 9.55 Å². The normalized spacial score (nSPS) is 12.3. The van der Waals surface area contributed by atoms with Gasteiger partial charge in [0.1, 0.15) is 5.75 Å². The summed E-state index contributed by atoms with van der Waals surface area (Å²) in [5.74, 6) is 1.08. The average Bonchev–Trinajstić information content (AvgIpc) is 2.67. The highest BCUT2D eigenvalue weighted by Crippen LogP contribution is 2.23. The van der Waals surface area contributed by atoms with Gasteiger partial charge in [0, 0.05) is 12.9 Å². The molecule has 2 aromatic carbocycles. The minimum absolute atomic E-state index is 0.149. The summed E-state index contributed by atoms with van der Waals surface area (Å²) in [5, 5.41) is 11.0. The van der Waals surface area contributed by atoms with Crippen molar-refractivity contribution in [3.8, 4) is 11.4 Å². The number of ether oxygens (including phenoxy) is 2. The van der Waals surface area contributed by atoms with Gasteiger partial charge in [0.25, 0.3) is 5.56 Å². The van der Waals surface area contributed by atoms with E-state index < -0.39 is 6.10 Å². The minimum atomic E-state index is -0.641. The third kappa shape index (κ3) is 3.90. The van der Waals surface area contributed by atoms with Crippen LogP contribution in [0.5, 0.6) is 5.75 Å². The lowest BCUT2D eigenvalue weighted by atomic mass is 10.2. The third-order valence-corrected chi connectivity index (χ3v) is 4.92. The van der Waals surface area contributed by atoms with Crippen molar-refractivity contribution in [2.24, 2.45) is 0 Å². The fourth-order valence-corrected chi connectivity index (χ4v) is 3.50. The third-order valence-electron chi connectivity index (χ3n) is 3.84. The molecule has 0 amide bonds. The van der Waals surface area contributed by atoms with E-state index in [9.17, 15) is 9.90 Å². The Hall–Kier alpha value is -2.35. The number of hydrogen-bond donors (Lipinski definition) is 1. The Balaban J connectivity index is 2.09. The lowest BCUT2D eigenvalue weighted by Crippen LogP contribution is -2.23. The molecule has 1 heterocycles. The number of aliphatic hydroxyl groups is 1. The van der Waals surface area contributed by atoms with Gasteiger partial charge >= 0.3 is 0 Å². The highest BCUT2D eigenvalue weighted by atomic mass is 32.2. The Morgan fingerprint density at radius 1 is 1.15 bits per heavy atom. The van der Waals surface area contributed by atoms with Crippen LogP contribution in [0.2, 0.25) is 0 Å². The van der Waals surface area contributed by atoms with Crippen LogP contribution in [0.15, 0.2) is 58.5 Å². The Labute approximate surface area is 155 Å². The molecule has 0 aliphatic carbocycles. The first-order chi connectivity index (χ1) is 12.6. The van der Waals surface area contributed by atoms with Gasteiger partial charge in [0.05, 0.1) is 36.4 Å². The van der Waals surface area contributed by atoms with Crippen LogP contribution in [-0.4, -0.2) is 47.3 Å². The fraction of sp³-hybridized carbons (Fsp3) is 0.263. The van der Waals surface area contributed by atoms with E-state index in [0.29, 0.717) is 33.2 Å². The molecule has 3 rings (SSSR count). The molecule has 1 N–H and O–H groups in total. The summed E-state index contributed by atoms with van der Waals surface area (Å²) in [5.41, 5.74) is 1.17. The fourth-order valence-electron chi connectivity index (χ4n) is 2.58. The molecule has 3 aromatic rings. The first kappa shape index (κ1) is 18.4. The van der Waals surface area contributed by atoms with Gasteiger partial charge in [-0.25, -0.2) is 4.98 Å². The summed E-state index contributed by atoms with van der Waals surface area (Å²) in [6.07, 6.45) is -0.641. The number of methoxy groups -OCH3 is 2. The maximum absolute atomic E-state index is 13.1. The number of rotatable bonds is 7. The molecule has 0 spiro atoms. The molecule has 1 aromatic heterocycles. The van der Waals surface area contributed by atoms with E-state index in [4.69, 9.17) is 9.47 Å². The summed E-state index contributed by atoms with van der Waals surface area (Å²) in [6, 6.07) is 14.5. The number of aromatic nitrogens is 2. The highest BCUT2D eigenvalue weighted by Gasteiger charge is 2.15. The van der Waals surface area contributed by atoms with Crippen LogP contribution in [0.4, 0.5) is 0 Å². The van der Waals surface area contributed by atoms with Gasteiger partial charge in [-0.15, -0.1) is 0 Å². The second kappa shape index (κ2) is 8.35. The van der Waals surface area contributed by atoms with Crippen LogP contribution in [-0.2, 0) is 4.74 Å². The van der Waals surface area contributed by atoms with Gasteiger partial charge in [0.15, 0.2) is 5.16 Å². The molecule has 0 bridgehead atoms. The number of nitrogens with zero attached hydrogens (tertiary/aromatic N) is 2. The maximum Gasteiger partial charge on any atom is 0.266 e. The van der Waals surface area contributed by atoms with Gasteiger partial charge in [-0.1, -0.05) is 23.9 Å². The summed E-state index contributed by atoms with van der Waals surface area (Å²) in [7, 11) is 3.13. The van der Waals surface area contributed by atoms with Crippen LogP contribution in [0, 0.1) is 0 Å². The zero-order valence-electron chi connectivity index (χ0n) is 14.6. The molecule has 0 saturated heterocycles. The Morgan fingerprint density at radius 3 is 2.58 bits per heavy atom. The van der Waals surface area contributed by atoms with Crippen molar-refractivity contribution in [2.45, 2.75) is 11.3 Å². The van der Waals surface area contributed by atoms with Crippen LogP contribution < -0.4 is 10.3 Å². The first-order valence-electron chi connectivity index (χ1n) is 8.10. The zero-order chi connectivity index (χ0) is 18.5. The van der Waals surface area contributed by atoms with Gasteiger partial charge in [0.2, 0.25) is 0 Å². The van der Waals surface area contributed by atoms with Crippen molar-refractivity contribution in [2.75, 3.05) is 26.6 Å². The van der Waals surface area contributed by atoms with Gasteiger partial charge < -0.3 is 14.6 Å². The Kier molecular flexibility index (Phi) is 5.92. The smallest absolute Gasteiger partial charge is 0.266 e. The van der Waals surface area contributed by atoms with Crippen molar-refractivity contribution >= 4 is 22.7 Å². The minimum Gasteiger partial charge on any atom is -0.497 e. The highest BCUT2D eigenvalue weighted by molar-refractivity contribution is 7.99. The molecule has 7 heteroatoms. The van der Waals surface area contributed by atoms with E-state index in [1.54, 1.807) is 29.9 Å². The lowest BCUT2D eigenvalue weighted by molar-refractivity contribution is 0.0793. The second-order valence-electron chi connectivity index (χ2n) is 5.67. The summed E-state index contributed by atoms with van der Waals surface area (Å²) in [6.45, 7) is 0.230. The zero-order valence-corrected chi connectivity index (χ0v) is 15.4. The van der Waals surface area contributed by atoms with E-state index >= 15 is 0 Å². The lowest BCUT2D eigenvalue weighted by Gasteiger charge is -2.15. The van der Waals surface area contributed by atoms with Gasteiger partial charge in [-0.05, 0) is 36.4 Å². The molecule has 6 nitrogen and oxygen atoms in total. The van der Waals surface area contributed by atoms with Gasteiger partial charge in [-0.2, -0.15) is 0 Å². The van der Waals surface area contributed by atoms with E-state index in [1.165, 1.54) is 18.9 Å². The average molecular weight is 372 g/mol. The van der Waals surface area contributed by atoms with Crippen molar-refractivity contribution in [1.29, 1.82) is 0 Å². The van der Waals surface area contributed by atoms with E-state index in [1.807, 2.05) is 30.3 Å². The van der Waals surface area contributed by atoms with Crippen molar-refractivity contribution in [3.05, 3.63) is 58.9 Å². The molecule has 1 atom stereocenters. The molecule has 1 unspecified atom stereocenters. The van der Waals surface area contributed by atoms with E-state index in [-0.39, 0.29) is 12.2 Å². The van der Waals surface area contributed by atoms with Crippen LogP contribution in [0.1, 0.15) is 0 Å². The number of benzene rings is 2. The first-order valence-corrected chi connectivity index (χ1v) is 9.08. The number of fused-ring (bicyclic) bond motifs is 1. The monoisotopic (exact) mass is 372 g/mol. The SMILES string of the molecule is COCC(O)CSc1nc2ccccc2c(=O)n1-c1ccc(OC)cc1. The molecule has 0 saturated carbocycles. The van der Waals surface area contributed by atoms with Crippen molar-refractivity contribution < 1.29 is 14.6 Å². The summed E-state index contributed by atoms with van der Waals surface area (Å²) < 4.78 is 11.7. The van der Waals surface area contributed by atoms with Crippen LogP contribution >= 0.6 is 11.8 Å². The number of para-hydroxylation sites is 1. The van der Waals surface area contributed by atoms with Gasteiger partial charge in [-0.3, -0.25) is 9.36 Å². The maximum atomic E-state index is 13.1. The van der Waals surface area contributed by atoms with Crippen LogP contribution in [0.25, 0.3) is 16.6 Å². The summed E-state index contributed by atoms with van der Waals surface area (Å²) >= 11 is 1.32. The Morgan fingerprint density at radius 2 is 1.88 bits per heavy atom. The predicted molar refractivity (Wildman–Crippen MR) is 102 cm³/mol. The quantitative estimate of drug-likeness (QED) is 0.507. The molecule has 0 aliphatic heterocycles. The summed E-state index contributed by atoms with van der Waals surface area (Å²) in [4.78, 5) is 17.7. The largest absolute Gasteiger partial charge is 0.497 e. The molecule has 136 valence electrons. The number of hydrogen-bond acceptors (Lipinski definition) is 6. The molecular formula is C19H20N2O4S. The number of aliphatic hydroxyl groups excluding tert-OH is 1. The Bertz CT molecular complexity index is 940. The topological polar surface area (TPSA) is 73.6 Å².